The van der Waals surface area contributed by atoms with Crippen LogP contribution in [0, 0.1) is 0 Å². The van der Waals surface area contributed by atoms with Gasteiger partial charge < -0.3 is 25.4 Å². The van der Waals surface area contributed by atoms with Crippen molar-refractivity contribution >= 4 is 23.4 Å². The van der Waals surface area contributed by atoms with E-state index in [1.54, 1.807) is 4.68 Å². The molecule has 3 heterocycles. The molecule has 1 aromatic carbocycles. The summed E-state index contributed by atoms with van der Waals surface area (Å²) in [4.78, 5) is 38.4. The van der Waals surface area contributed by atoms with Crippen LogP contribution < -0.4 is 16.4 Å². The molecule has 2 aliphatic rings. The van der Waals surface area contributed by atoms with Crippen LogP contribution in [-0.2, 0) is 38.7 Å². The highest BCUT2D eigenvalue weighted by atomic mass is 16.5. The van der Waals surface area contributed by atoms with Gasteiger partial charge in [0.05, 0.1) is 51.3 Å². The van der Waals surface area contributed by atoms with Crippen LogP contribution in [0.15, 0.2) is 24.4 Å². The van der Waals surface area contributed by atoms with Crippen LogP contribution >= 0.6 is 0 Å². The summed E-state index contributed by atoms with van der Waals surface area (Å²) >= 11 is 0. The lowest BCUT2D eigenvalue weighted by Gasteiger charge is -2.29. The van der Waals surface area contributed by atoms with Crippen molar-refractivity contribution in [1.29, 1.82) is 0 Å². The highest BCUT2D eigenvalue weighted by Gasteiger charge is 2.40. The molecular formula is C22H29N7O5. The number of rotatable bonds is 12. The number of anilines is 1. The maximum absolute atomic E-state index is 13.1. The Morgan fingerprint density at radius 2 is 1.97 bits per heavy atom. The molecule has 0 bridgehead atoms. The third-order valence-electron chi connectivity index (χ3n) is 5.70. The van der Waals surface area contributed by atoms with Gasteiger partial charge in [0.1, 0.15) is 11.7 Å². The number of fused-ring (bicyclic) bond motifs is 1. The molecule has 0 aliphatic carbocycles. The van der Waals surface area contributed by atoms with Gasteiger partial charge in [-0.2, -0.15) is 0 Å². The van der Waals surface area contributed by atoms with E-state index in [1.807, 2.05) is 24.4 Å². The largest absolute Gasteiger partial charge is 0.379 e. The van der Waals surface area contributed by atoms with Gasteiger partial charge in [0.2, 0.25) is 11.8 Å². The Bertz CT molecular complexity index is 1040. The number of nitrogens with two attached hydrogens (primary N) is 1. The molecule has 0 spiro atoms. The quantitative estimate of drug-likeness (QED) is 0.278. The molecule has 2 aliphatic heterocycles. The van der Waals surface area contributed by atoms with E-state index in [1.165, 1.54) is 4.90 Å². The molecular weight excluding hydrogens is 442 g/mol. The first-order chi connectivity index (χ1) is 16.6. The van der Waals surface area contributed by atoms with Gasteiger partial charge in [0.15, 0.2) is 0 Å². The predicted octanol–water partition coefficient (Wildman–Crippen LogP) is -0.357. The molecule has 0 saturated carbocycles. The van der Waals surface area contributed by atoms with Gasteiger partial charge in [0, 0.05) is 25.2 Å². The van der Waals surface area contributed by atoms with Crippen molar-refractivity contribution in [2.24, 2.45) is 5.73 Å². The van der Waals surface area contributed by atoms with Gasteiger partial charge in [0.25, 0.3) is 5.91 Å². The topological polar surface area (TPSA) is 154 Å². The summed E-state index contributed by atoms with van der Waals surface area (Å²) < 4.78 is 12.4. The van der Waals surface area contributed by atoms with Crippen molar-refractivity contribution in [2.75, 3.05) is 38.3 Å². The molecule has 1 unspecified atom stereocenters. The van der Waals surface area contributed by atoms with Crippen LogP contribution in [-0.4, -0.2) is 76.6 Å². The zero-order valence-electron chi connectivity index (χ0n) is 18.9. The zero-order valence-corrected chi connectivity index (χ0v) is 18.9. The molecule has 182 valence electrons. The predicted molar refractivity (Wildman–Crippen MR) is 121 cm³/mol. The number of amides is 3. The number of nitrogens with zero attached hydrogens (tertiary/aromatic N) is 4. The van der Waals surface area contributed by atoms with Crippen LogP contribution in [0.4, 0.5) is 5.69 Å². The number of carbonyl (C=O) groups is 3. The molecule has 12 heteroatoms. The average Bonchev–Trinajstić information content (AvgIpc) is 3.42. The van der Waals surface area contributed by atoms with Gasteiger partial charge in [-0.1, -0.05) is 17.3 Å². The first kappa shape index (κ1) is 23.8. The maximum Gasteiger partial charge on any atom is 0.257 e. The second kappa shape index (κ2) is 11.2. The molecule has 1 aromatic heterocycles. The number of nitrogens with one attached hydrogen (secondary N) is 2. The van der Waals surface area contributed by atoms with Crippen molar-refractivity contribution in [2.45, 2.75) is 38.5 Å². The van der Waals surface area contributed by atoms with Crippen LogP contribution in [0.5, 0.6) is 0 Å². The van der Waals surface area contributed by atoms with Gasteiger partial charge in [-0.05, 0) is 18.1 Å². The van der Waals surface area contributed by atoms with Crippen LogP contribution in [0.1, 0.15) is 34.5 Å². The second-order valence-corrected chi connectivity index (χ2v) is 8.08. The van der Waals surface area contributed by atoms with Crippen LogP contribution in [0.2, 0.25) is 0 Å². The zero-order chi connectivity index (χ0) is 23.9. The highest BCUT2D eigenvalue weighted by Crippen LogP contribution is 2.32. The normalized spacial score (nSPS) is 17.7. The summed E-state index contributed by atoms with van der Waals surface area (Å²) in [5, 5.41) is 13.9. The lowest BCUT2D eigenvalue weighted by atomic mass is 10.0. The Morgan fingerprint density at radius 3 is 2.76 bits per heavy atom. The van der Waals surface area contributed by atoms with Crippen LogP contribution in [0.3, 0.4) is 0 Å². The van der Waals surface area contributed by atoms with Gasteiger partial charge in [-0.15, -0.1) is 5.10 Å². The summed E-state index contributed by atoms with van der Waals surface area (Å²) in [6.07, 6.45) is 2.38. The molecule has 0 radical (unpaired) electrons. The first-order valence-corrected chi connectivity index (χ1v) is 11.3. The summed E-state index contributed by atoms with van der Waals surface area (Å²) in [5.74, 6) is -0.941. The molecule has 2 aromatic rings. The lowest BCUT2D eigenvalue weighted by molar-refractivity contribution is -0.136. The van der Waals surface area contributed by atoms with Crippen molar-refractivity contribution in [1.82, 2.24) is 25.2 Å². The van der Waals surface area contributed by atoms with Gasteiger partial charge >= 0.3 is 0 Å². The number of aromatic nitrogens is 3. The SMILES string of the molecule is NCCOCCOCCn1cc(CNc2cccc3c2C(=O)N(C2CCC(=O)NC2=O)C3)nn1. The lowest BCUT2D eigenvalue weighted by Crippen LogP contribution is -2.52. The molecule has 12 nitrogen and oxygen atoms in total. The number of hydrogen-bond donors (Lipinski definition) is 3. The minimum atomic E-state index is -0.639. The minimum Gasteiger partial charge on any atom is -0.379 e. The summed E-state index contributed by atoms with van der Waals surface area (Å²) in [6, 6.07) is 4.94. The monoisotopic (exact) mass is 471 g/mol. The highest BCUT2D eigenvalue weighted by molar-refractivity contribution is 6.07. The average molecular weight is 472 g/mol. The van der Waals surface area contributed by atoms with E-state index in [-0.39, 0.29) is 18.2 Å². The third-order valence-corrected chi connectivity index (χ3v) is 5.70. The fourth-order valence-electron chi connectivity index (χ4n) is 4.04. The number of carbonyl (C=O) groups excluding carboxylic acids is 3. The molecule has 1 fully saturated rings. The van der Waals surface area contributed by atoms with Gasteiger partial charge in [-0.3, -0.25) is 19.7 Å². The number of imide groups is 1. The number of benzene rings is 1. The standard InChI is InChI=1S/C22H29N7O5/c23-6-8-33-10-11-34-9-7-28-14-16(26-27-28)12-24-17-3-1-2-15-13-29(22(32)20(15)17)18-4-5-19(30)25-21(18)31/h1-3,14,18,24H,4-13,23H2,(H,25,30,31). The van der Waals surface area contributed by atoms with E-state index < -0.39 is 11.9 Å². The Hall–Kier alpha value is -3.35. The Balaban J connectivity index is 1.30. The maximum atomic E-state index is 13.1. The Labute approximate surface area is 196 Å². The van der Waals surface area contributed by atoms with Crippen molar-refractivity contribution in [3.05, 3.63) is 41.2 Å². The molecule has 1 atom stereocenters. The van der Waals surface area contributed by atoms with E-state index in [2.05, 4.69) is 20.9 Å². The summed E-state index contributed by atoms with van der Waals surface area (Å²) in [6.45, 7) is 3.78. The smallest absolute Gasteiger partial charge is 0.257 e. The number of ether oxygens (including phenoxy) is 2. The minimum absolute atomic E-state index is 0.219. The Morgan fingerprint density at radius 1 is 1.15 bits per heavy atom. The fourth-order valence-corrected chi connectivity index (χ4v) is 4.04. The van der Waals surface area contributed by atoms with E-state index in [9.17, 15) is 14.4 Å². The summed E-state index contributed by atoms with van der Waals surface area (Å²) in [7, 11) is 0. The Kier molecular flexibility index (Phi) is 7.83. The summed E-state index contributed by atoms with van der Waals surface area (Å²) in [5.41, 5.74) is 8.14. The molecule has 4 N–H and O–H groups in total. The first-order valence-electron chi connectivity index (χ1n) is 11.3. The van der Waals surface area contributed by atoms with Crippen molar-refractivity contribution in [3.8, 4) is 0 Å². The molecule has 3 amide bonds. The third kappa shape index (κ3) is 5.58. The molecule has 1 saturated heterocycles. The fraction of sp³-hybridized carbons (Fsp3) is 0.500. The number of hydrogen-bond acceptors (Lipinski definition) is 9. The molecule has 4 rings (SSSR count). The van der Waals surface area contributed by atoms with E-state index in [0.717, 1.165) is 11.3 Å². The molecule has 34 heavy (non-hydrogen) atoms. The number of piperidine rings is 1. The second-order valence-electron chi connectivity index (χ2n) is 8.08. The van der Waals surface area contributed by atoms with E-state index in [0.29, 0.717) is 70.3 Å². The van der Waals surface area contributed by atoms with Crippen molar-refractivity contribution in [3.63, 3.8) is 0 Å². The van der Waals surface area contributed by atoms with Crippen LogP contribution in [0.25, 0.3) is 0 Å². The van der Waals surface area contributed by atoms with E-state index >= 15 is 0 Å². The van der Waals surface area contributed by atoms with Crippen molar-refractivity contribution < 1.29 is 23.9 Å². The van der Waals surface area contributed by atoms with E-state index in [4.69, 9.17) is 15.2 Å². The van der Waals surface area contributed by atoms with Gasteiger partial charge in [-0.25, -0.2) is 4.68 Å².